The molecule has 0 spiro atoms. The van der Waals surface area contributed by atoms with E-state index in [1.54, 1.807) is 6.92 Å². The summed E-state index contributed by atoms with van der Waals surface area (Å²) in [5.74, 6) is -0.431. The van der Waals surface area contributed by atoms with Gasteiger partial charge >= 0.3 is 5.97 Å². The lowest BCUT2D eigenvalue weighted by atomic mass is 10.1. The lowest BCUT2D eigenvalue weighted by Gasteiger charge is -2.08. The van der Waals surface area contributed by atoms with Crippen molar-refractivity contribution >= 4 is 34.5 Å². The number of thioether (sulfide) groups is 1. The first-order valence-corrected chi connectivity index (χ1v) is 8.41. The van der Waals surface area contributed by atoms with Crippen LogP contribution in [0.1, 0.15) is 18.1 Å². The summed E-state index contributed by atoms with van der Waals surface area (Å²) in [4.78, 5) is 27.6. The molecule has 0 aliphatic heterocycles. The van der Waals surface area contributed by atoms with Crippen LogP contribution in [0.2, 0.25) is 0 Å². The Bertz CT molecular complexity index is 731. The SMILES string of the molecule is CCOC(=O)CNC(=O)CSc1nc2cc(C)ccc2cc1C. The van der Waals surface area contributed by atoms with E-state index < -0.39 is 5.97 Å². The minimum atomic E-state index is -0.429. The molecule has 0 unspecified atom stereocenters. The third kappa shape index (κ3) is 4.96. The maximum Gasteiger partial charge on any atom is 0.325 e. The van der Waals surface area contributed by atoms with Crippen molar-refractivity contribution < 1.29 is 14.3 Å². The monoisotopic (exact) mass is 332 g/mol. The molecule has 2 rings (SSSR count). The van der Waals surface area contributed by atoms with Crippen LogP contribution < -0.4 is 5.32 Å². The summed E-state index contributed by atoms with van der Waals surface area (Å²) in [5, 5.41) is 4.46. The number of carbonyl (C=O) groups excluding carboxylic acids is 2. The molecule has 0 saturated carbocycles. The molecule has 1 aromatic heterocycles. The molecule has 0 aliphatic rings. The summed E-state index contributed by atoms with van der Waals surface area (Å²) in [7, 11) is 0. The van der Waals surface area contributed by atoms with Gasteiger partial charge in [-0.15, -0.1) is 0 Å². The molecule has 0 atom stereocenters. The van der Waals surface area contributed by atoms with E-state index in [1.165, 1.54) is 11.8 Å². The van der Waals surface area contributed by atoms with Gasteiger partial charge < -0.3 is 10.1 Å². The van der Waals surface area contributed by atoms with Crippen LogP contribution in [-0.4, -0.2) is 35.8 Å². The predicted molar refractivity (Wildman–Crippen MR) is 91.6 cm³/mol. The topological polar surface area (TPSA) is 68.3 Å². The number of pyridine rings is 1. The van der Waals surface area contributed by atoms with Crippen LogP contribution in [0.15, 0.2) is 29.3 Å². The second kappa shape index (κ2) is 7.97. The molecule has 1 amide bonds. The lowest BCUT2D eigenvalue weighted by Crippen LogP contribution is -2.31. The molecular formula is C17H20N2O3S. The molecule has 0 saturated heterocycles. The molecule has 1 heterocycles. The first-order valence-electron chi connectivity index (χ1n) is 7.42. The van der Waals surface area contributed by atoms with Crippen LogP contribution in [0.5, 0.6) is 0 Å². The predicted octanol–water partition coefficient (Wildman–Crippen LogP) is 2.62. The van der Waals surface area contributed by atoms with Gasteiger partial charge in [0, 0.05) is 5.39 Å². The number of aromatic nitrogens is 1. The number of fused-ring (bicyclic) bond motifs is 1. The molecule has 0 fully saturated rings. The molecule has 0 aliphatic carbocycles. The average Bonchev–Trinajstić information content (AvgIpc) is 2.51. The summed E-state index contributed by atoms with van der Waals surface area (Å²) in [5.41, 5.74) is 3.10. The molecule has 1 aromatic carbocycles. The summed E-state index contributed by atoms with van der Waals surface area (Å²) in [6.07, 6.45) is 0. The standard InChI is InChI=1S/C17H20N2O3S/c1-4-22-16(21)9-18-15(20)10-23-17-12(3)8-13-6-5-11(2)7-14(13)19-17/h5-8H,4,9-10H2,1-3H3,(H,18,20). The first kappa shape index (κ1) is 17.3. The number of rotatable bonds is 6. The largest absolute Gasteiger partial charge is 0.465 e. The van der Waals surface area contributed by atoms with E-state index in [0.717, 1.165) is 27.1 Å². The van der Waals surface area contributed by atoms with Gasteiger partial charge in [-0.25, -0.2) is 4.98 Å². The van der Waals surface area contributed by atoms with Crippen LogP contribution in [-0.2, 0) is 14.3 Å². The molecule has 0 radical (unpaired) electrons. The second-order valence-corrected chi connectivity index (χ2v) is 6.14. The van der Waals surface area contributed by atoms with Crippen LogP contribution >= 0.6 is 11.8 Å². The first-order chi connectivity index (χ1) is 11.0. The molecule has 122 valence electrons. The van der Waals surface area contributed by atoms with Crippen LogP contribution in [0, 0.1) is 13.8 Å². The van der Waals surface area contributed by atoms with Gasteiger partial charge in [0.2, 0.25) is 5.91 Å². The summed E-state index contributed by atoms with van der Waals surface area (Å²) < 4.78 is 4.76. The van der Waals surface area contributed by atoms with Gasteiger partial charge in [-0.3, -0.25) is 9.59 Å². The minimum absolute atomic E-state index is 0.101. The zero-order chi connectivity index (χ0) is 16.8. The minimum Gasteiger partial charge on any atom is -0.465 e. The zero-order valence-corrected chi connectivity index (χ0v) is 14.3. The average molecular weight is 332 g/mol. The van der Waals surface area contributed by atoms with Gasteiger partial charge in [-0.1, -0.05) is 23.9 Å². The molecule has 2 aromatic rings. The number of hydrogen-bond donors (Lipinski definition) is 1. The van der Waals surface area contributed by atoms with Crippen LogP contribution in [0.3, 0.4) is 0 Å². The van der Waals surface area contributed by atoms with Gasteiger partial charge in [-0.2, -0.15) is 0 Å². The number of esters is 1. The van der Waals surface area contributed by atoms with Gasteiger partial charge in [0.05, 0.1) is 17.9 Å². The number of amides is 1. The van der Waals surface area contributed by atoms with Crippen molar-refractivity contribution in [2.45, 2.75) is 25.8 Å². The Kier molecular flexibility index (Phi) is 5.98. The second-order valence-electron chi connectivity index (χ2n) is 5.18. The van der Waals surface area contributed by atoms with Gasteiger partial charge in [0.15, 0.2) is 0 Å². The molecule has 0 bridgehead atoms. The maximum absolute atomic E-state index is 11.8. The van der Waals surface area contributed by atoms with Gasteiger partial charge in [0.25, 0.3) is 0 Å². The zero-order valence-electron chi connectivity index (χ0n) is 13.5. The molecular weight excluding hydrogens is 312 g/mol. The maximum atomic E-state index is 11.8. The van der Waals surface area contributed by atoms with E-state index in [0.29, 0.717) is 6.61 Å². The Labute approximate surface area is 139 Å². The Morgan fingerprint density at radius 3 is 2.78 bits per heavy atom. The third-order valence-electron chi connectivity index (χ3n) is 3.19. The van der Waals surface area contributed by atoms with E-state index in [1.807, 2.05) is 26.0 Å². The fraction of sp³-hybridized carbons (Fsp3) is 0.353. The highest BCUT2D eigenvalue weighted by Gasteiger charge is 2.09. The molecule has 6 heteroatoms. The van der Waals surface area contributed by atoms with Gasteiger partial charge in [-0.05, 0) is 44.0 Å². The van der Waals surface area contributed by atoms with Crippen molar-refractivity contribution in [1.29, 1.82) is 0 Å². The number of hydrogen-bond acceptors (Lipinski definition) is 5. The quantitative estimate of drug-likeness (QED) is 0.650. The van der Waals surface area contributed by atoms with Crippen LogP contribution in [0.25, 0.3) is 10.9 Å². The van der Waals surface area contributed by atoms with E-state index >= 15 is 0 Å². The Morgan fingerprint density at radius 2 is 2.04 bits per heavy atom. The van der Waals surface area contributed by atoms with E-state index in [2.05, 4.69) is 22.4 Å². The van der Waals surface area contributed by atoms with Crippen molar-refractivity contribution in [2.24, 2.45) is 0 Å². The lowest BCUT2D eigenvalue weighted by molar-refractivity contribution is -0.143. The smallest absolute Gasteiger partial charge is 0.325 e. The van der Waals surface area contributed by atoms with Gasteiger partial charge in [0.1, 0.15) is 11.6 Å². The van der Waals surface area contributed by atoms with Crippen molar-refractivity contribution in [1.82, 2.24) is 10.3 Å². The van der Waals surface area contributed by atoms with Crippen LogP contribution in [0.4, 0.5) is 0 Å². The number of nitrogens with one attached hydrogen (secondary N) is 1. The Balaban J connectivity index is 1.97. The number of aryl methyl sites for hydroxylation is 2. The number of carbonyl (C=O) groups is 2. The summed E-state index contributed by atoms with van der Waals surface area (Å²) in [6.45, 7) is 5.94. The summed E-state index contributed by atoms with van der Waals surface area (Å²) in [6, 6.07) is 8.20. The van der Waals surface area contributed by atoms with E-state index in [9.17, 15) is 9.59 Å². The number of benzene rings is 1. The highest BCUT2D eigenvalue weighted by molar-refractivity contribution is 7.99. The van der Waals surface area contributed by atoms with Crippen molar-refractivity contribution in [2.75, 3.05) is 18.9 Å². The number of nitrogens with zero attached hydrogens (tertiary/aromatic N) is 1. The van der Waals surface area contributed by atoms with Crippen molar-refractivity contribution in [3.63, 3.8) is 0 Å². The van der Waals surface area contributed by atoms with E-state index in [-0.39, 0.29) is 18.2 Å². The highest BCUT2D eigenvalue weighted by Crippen LogP contribution is 2.24. The Hall–Kier alpha value is -2.08. The van der Waals surface area contributed by atoms with E-state index in [4.69, 9.17) is 4.74 Å². The molecule has 5 nitrogen and oxygen atoms in total. The van der Waals surface area contributed by atoms with Crippen molar-refractivity contribution in [3.05, 3.63) is 35.4 Å². The number of ether oxygens (including phenoxy) is 1. The summed E-state index contributed by atoms with van der Waals surface area (Å²) >= 11 is 1.37. The normalized spacial score (nSPS) is 10.6. The third-order valence-corrected chi connectivity index (χ3v) is 4.29. The highest BCUT2D eigenvalue weighted by atomic mass is 32.2. The molecule has 23 heavy (non-hydrogen) atoms. The fourth-order valence-electron chi connectivity index (χ4n) is 2.08. The Morgan fingerprint density at radius 1 is 1.26 bits per heavy atom. The molecule has 1 N–H and O–H groups in total. The fourth-order valence-corrected chi connectivity index (χ4v) is 2.90. The van der Waals surface area contributed by atoms with Crippen molar-refractivity contribution in [3.8, 4) is 0 Å².